The van der Waals surface area contributed by atoms with Crippen LogP contribution in [0.2, 0.25) is 0 Å². The fourth-order valence-electron chi connectivity index (χ4n) is 1.84. The molecule has 1 aromatic rings. The van der Waals surface area contributed by atoms with Gasteiger partial charge < -0.3 is 12.6 Å². The molecule has 0 aliphatic carbocycles. The molecular formula is C14H22KNS2. The number of nitrogens with zero attached hydrogens (tertiary/aromatic N) is 1. The Bertz CT molecular complexity index is 314. The van der Waals surface area contributed by atoms with Crippen LogP contribution in [0.15, 0.2) is 24.3 Å². The summed E-state index contributed by atoms with van der Waals surface area (Å²) in [6.45, 7) is 7.54. The van der Waals surface area contributed by atoms with E-state index >= 15 is 0 Å². The number of rotatable bonds is 3. The Hall–Kier alpha value is 1.52. The van der Waals surface area contributed by atoms with Crippen molar-refractivity contribution in [3.63, 3.8) is 0 Å². The average molecular weight is 308 g/mol. The van der Waals surface area contributed by atoms with Gasteiger partial charge in [-0.25, -0.2) is 0 Å². The van der Waals surface area contributed by atoms with Crippen LogP contribution in [-0.2, 0) is 24.9 Å². The largest absolute Gasteiger partial charge is 1.00 e. The first-order valence-corrected chi connectivity index (χ1v) is 8.08. The quantitative estimate of drug-likeness (QED) is 0.585. The molecule has 18 heavy (non-hydrogen) atoms. The molecule has 4 heteroatoms. The van der Waals surface area contributed by atoms with Gasteiger partial charge in [0.2, 0.25) is 0 Å². The molecule has 0 radical (unpaired) electrons. The molecule has 2 rings (SSSR count). The maximum Gasteiger partial charge on any atom is 1.00 e. The number of hydrogen-bond acceptors (Lipinski definition) is 3. The van der Waals surface area contributed by atoms with Gasteiger partial charge in [0.15, 0.2) is 0 Å². The van der Waals surface area contributed by atoms with Gasteiger partial charge in [-0.3, -0.25) is 4.90 Å². The van der Waals surface area contributed by atoms with E-state index in [2.05, 4.69) is 40.9 Å². The van der Waals surface area contributed by atoms with E-state index in [-0.39, 0.29) is 51.4 Å². The number of thioether (sulfide) groups is 1. The molecule has 1 aliphatic rings. The van der Waals surface area contributed by atoms with E-state index in [9.17, 15) is 0 Å². The van der Waals surface area contributed by atoms with Crippen molar-refractivity contribution in [1.29, 1.82) is 0 Å². The van der Waals surface area contributed by atoms with Crippen molar-refractivity contribution < 1.29 is 51.4 Å². The summed E-state index contributed by atoms with van der Waals surface area (Å²) in [5.74, 6) is 3.28. The molecule has 0 aromatic heterocycles. The SMILES string of the molecule is CC.[K+].[S-]Cc1cccc(CN2CCSCC2)c1. The summed E-state index contributed by atoms with van der Waals surface area (Å²) >= 11 is 7.12. The molecule has 1 saturated heterocycles. The maximum absolute atomic E-state index is 5.07. The Morgan fingerprint density at radius 3 is 2.39 bits per heavy atom. The van der Waals surface area contributed by atoms with Crippen molar-refractivity contribution in [1.82, 2.24) is 4.90 Å². The van der Waals surface area contributed by atoms with Crippen molar-refractivity contribution >= 4 is 24.4 Å². The molecule has 1 aliphatic heterocycles. The van der Waals surface area contributed by atoms with Crippen LogP contribution in [-0.4, -0.2) is 29.5 Å². The van der Waals surface area contributed by atoms with Gasteiger partial charge in [-0.2, -0.15) is 17.5 Å². The van der Waals surface area contributed by atoms with Crippen LogP contribution in [0.4, 0.5) is 0 Å². The molecule has 1 heterocycles. The second kappa shape index (κ2) is 12.3. The van der Waals surface area contributed by atoms with Crippen LogP contribution < -0.4 is 51.4 Å². The molecular weight excluding hydrogens is 285 g/mol. The predicted molar refractivity (Wildman–Crippen MR) is 81.5 cm³/mol. The smallest absolute Gasteiger partial charge is 0.788 e. The summed E-state index contributed by atoms with van der Waals surface area (Å²) in [4.78, 5) is 2.53. The van der Waals surface area contributed by atoms with Crippen molar-refractivity contribution in [2.24, 2.45) is 0 Å². The zero-order valence-corrected chi connectivity index (χ0v) is 16.6. The zero-order valence-electron chi connectivity index (χ0n) is 11.8. The third-order valence-corrected chi connectivity index (χ3v) is 3.94. The number of benzene rings is 1. The van der Waals surface area contributed by atoms with Gasteiger partial charge in [0.1, 0.15) is 0 Å². The monoisotopic (exact) mass is 307 g/mol. The van der Waals surface area contributed by atoms with Crippen LogP contribution in [0.5, 0.6) is 0 Å². The van der Waals surface area contributed by atoms with Crippen molar-refractivity contribution in [2.45, 2.75) is 26.1 Å². The van der Waals surface area contributed by atoms with Gasteiger partial charge in [0.05, 0.1) is 0 Å². The summed E-state index contributed by atoms with van der Waals surface area (Å²) < 4.78 is 0. The van der Waals surface area contributed by atoms with Crippen molar-refractivity contribution in [3.05, 3.63) is 35.4 Å². The van der Waals surface area contributed by atoms with Gasteiger partial charge in [-0.05, 0) is 5.56 Å². The first-order valence-electron chi connectivity index (χ1n) is 6.34. The summed E-state index contributed by atoms with van der Waals surface area (Å²) in [6, 6.07) is 8.68. The van der Waals surface area contributed by atoms with E-state index < -0.39 is 0 Å². The Morgan fingerprint density at radius 1 is 1.17 bits per heavy atom. The molecule has 0 bridgehead atoms. The minimum Gasteiger partial charge on any atom is -0.788 e. The summed E-state index contributed by atoms with van der Waals surface area (Å²) in [5.41, 5.74) is 2.68. The first-order chi connectivity index (χ1) is 8.38. The Morgan fingerprint density at radius 2 is 1.78 bits per heavy atom. The molecule has 0 unspecified atom stereocenters. The van der Waals surface area contributed by atoms with Gasteiger partial charge >= 0.3 is 51.4 Å². The summed E-state index contributed by atoms with van der Waals surface area (Å²) in [7, 11) is 0. The fraction of sp³-hybridized carbons (Fsp3) is 0.571. The predicted octanol–water partition coefficient (Wildman–Crippen LogP) is 0.313. The Labute approximate surface area is 164 Å². The molecule has 0 amide bonds. The molecule has 1 fully saturated rings. The molecule has 0 atom stereocenters. The Balaban J connectivity index is 0.000000917. The second-order valence-electron chi connectivity index (χ2n) is 3.85. The van der Waals surface area contributed by atoms with E-state index in [4.69, 9.17) is 12.6 Å². The second-order valence-corrected chi connectivity index (χ2v) is 5.37. The minimum absolute atomic E-state index is 0. The normalized spacial score (nSPS) is 15.3. The van der Waals surface area contributed by atoms with Crippen molar-refractivity contribution in [2.75, 3.05) is 24.6 Å². The fourth-order valence-corrected chi connectivity index (χ4v) is 2.99. The first kappa shape index (κ1) is 19.5. The summed E-state index contributed by atoms with van der Waals surface area (Å²) in [5, 5.41) is 0. The van der Waals surface area contributed by atoms with Crippen LogP contribution in [0.1, 0.15) is 25.0 Å². The van der Waals surface area contributed by atoms with Gasteiger partial charge in [-0.1, -0.05) is 43.7 Å². The van der Waals surface area contributed by atoms with Crippen LogP contribution >= 0.6 is 11.8 Å². The third-order valence-electron chi connectivity index (χ3n) is 2.67. The topological polar surface area (TPSA) is 3.24 Å². The summed E-state index contributed by atoms with van der Waals surface area (Å²) in [6.07, 6.45) is 0. The molecule has 0 saturated carbocycles. The van der Waals surface area contributed by atoms with E-state index in [1.165, 1.54) is 35.7 Å². The van der Waals surface area contributed by atoms with E-state index in [1.807, 2.05) is 13.8 Å². The van der Waals surface area contributed by atoms with Crippen LogP contribution in [0.25, 0.3) is 0 Å². The van der Waals surface area contributed by atoms with E-state index in [0.29, 0.717) is 0 Å². The number of hydrogen-bond donors (Lipinski definition) is 0. The van der Waals surface area contributed by atoms with Crippen molar-refractivity contribution in [3.8, 4) is 0 Å². The standard InChI is InChI=1S/C12H17NS2.C2H6.K/c14-10-12-3-1-2-11(8-12)9-13-4-6-15-7-5-13;1-2;/h1-3,8,14H,4-7,9-10H2;1-2H3;/q;;+1/p-1. The van der Waals surface area contributed by atoms with Gasteiger partial charge in [0, 0.05) is 31.1 Å². The van der Waals surface area contributed by atoms with E-state index in [1.54, 1.807) is 0 Å². The Kier molecular flexibility index (Phi) is 13.3. The van der Waals surface area contributed by atoms with Gasteiger partial charge in [-0.15, -0.1) is 0 Å². The van der Waals surface area contributed by atoms with E-state index in [0.717, 1.165) is 12.3 Å². The molecule has 1 nitrogen and oxygen atoms in total. The minimum atomic E-state index is 0. The van der Waals surface area contributed by atoms with Crippen LogP contribution in [0, 0.1) is 0 Å². The molecule has 1 aromatic carbocycles. The zero-order chi connectivity index (χ0) is 12.5. The third kappa shape index (κ3) is 7.34. The maximum atomic E-state index is 5.07. The van der Waals surface area contributed by atoms with Crippen LogP contribution in [0.3, 0.4) is 0 Å². The molecule has 0 N–H and O–H groups in total. The average Bonchev–Trinajstić information content (AvgIpc) is 2.42. The molecule has 0 spiro atoms. The van der Waals surface area contributed by atoms with Gasteiger partial charge in [0.25, 0.3) is 0 Å². The molecule has 96 valence electrons.